The summed E-state index contributed by atoms with van der Waals surface area (Å²) in [4.78, 5) is 17.7. The number of rotatable bonds is 7. The number of ether oxygens (including phenoxy) is 2. The van der Waals surface area contributed by atoms with Crippen molar-refractivity contribution in [1.82, 2.24) is 5.32 Å². The van der Waals surface area contributed by atoms with Crippen LogP contribution in [0.15, 0.2) is 76.6 Å². The number of thioether (sulfide) groups is 1. The summed E-state index contributed by atoms with van der Waals surface area (Å²) in [5.74, 6) is 0.998. The largest absolute Gasteiger partial charge is 0.493 e. The summed E-state index contributed by atoms with van der Waals surface area (Å²) in [6.45, 7) is 2.41. The molecule has 4 rings (SSSR count). The first-order chi connectivity index (χ1) is 16.1. The van der Waals surface area contributed by atoms with E-state index in [4.69, 9.17) is 21.1 Å². The zero-order chi connectivity index (χ0) is 23.2. The third kappa shape index (κ3) is 5.59. The molecule has 0 aliphatic carbocycles. The Morgan fingerprint density at radius 1 is 1.03 bits per heavy atom. The first kappa shape index (κ1) is 23.0. The van der Waals surface area contributed by atoms with Gasteiger partial charge in [0.25, 0.3) is 5.91 Å². The topological polar surface area (TPSA) is 59.9 Å². The molecule has 7 heteroatoms. The fraction of sp³-hybridized carbons (Fsp3) is 0.154. The van der Waals surface area contributed by atoms with Crippen molar-refractivity contribution in [3.8, 4) is 11.5 Å². The van der Waals surface area contributed by atoms with Gasteiger partial charge in [-0.25, -0.2) is 4.99 Å². The summed E-state index contributed by atoms with van der Waals surface area (Å²) in [6.07, 6.45) is 2.69. The minimum absolute atomic E-state index is 0.175. The van der Waals surface area contributed by atoms with E-state index in [0.29, 0.717) is 33.2 Å². The van der Waals surface area contributed by atoms with Gasteiger partial charge in [-0.15, -0.1) is 0 Å². The van der Waals surface area contributed by atoms with E-state index < -0.39 is 0 Å². The maximum atomic E-state index is 12.5. The normalized spacial score (nSPS) is 15.7. The van der Waals surface area contributed by atoms with Crippen LogP contribution in [-0.2, 0) is 17.8 Å². The Morgan fingerprint density at radius 2 is 1.79 bits per heavy atom. The summed E-state index contributed by atoms with van der Waals surface area (Å²) in [5, 5.41) is 4.07. The molecule has 168 valence electrons. The maximum absolute atomic E-state index is 12.5. The van der Waals surface area contributed by atoms with Crippen LogP contribution in [0.3, 0.4) is 0 Å². The van der Waals surface area contributed by atoms with Crippen molar-refractivity contribution in [1.29, 1.82) is 0 Å². The second kappa shape index (κ2) is 10.6. The van der Waals surface area contributed by atoms with E-state index in [1.165, 1.54) is 11.8 Å². The number of amidine groups is 1. The molecule has 1 aliphatic heterocycles. The lowest BCUT2D eigenvalue weighted by atomic mass is 10.1. The molecular weight excluding hydrogens is 456 g/mol. The number of para-hydroxylation sites is 1. The van der Waals surface area contributed by atoms with Crippen molar-refractivity contribution >= 4 is 46.2 Å². The fourth-order valence-corrected chi connectivity index (χ4v) is 4.35. The van der Waals surface area contributed by atoms with Crippen LogP contribution in [0.2, 0.25) is 5.02 Å². The van der Waals surface area contributed by atoms with Crippen molar-refractivity contribution in [3.05, 3.63) is 93.3 Å². The second-order valence-corrected chi connectivity index (χ2v) is 8.69. The molecule has 0 atom stereocenters. The number of aryl methyl sites for hydroxylation is 1. The van der Waals surface area contributed by atoms with Gasteiger partial charge in [-0.2, -0.15) is 0 Å². The number of nitrogens with zero attached hydrogens (tertiary/aromatic N) is 1. The lowest BCUT2D eigenvalue weighted by Crippen LogP contribution is -2.19. The lowest BCUT2D eigenvalue weighted by Gasteiger charge is -2.12. The molecule has 0 aromatic heterocycles. The van der Waals surface area contributed by atoms with Gasteiger partial charge in [-0.3, -0.25) is 4.79 Å². The van der Waals surface area contributed by atoms with Gasteiger partial charge in [0.05, 0.1) is 17.7 Å². The predicted molar refractivity (Wildman–Crippen MR) is 135 cm³/mol. The number of hydrogen-bond acceptors (Lipinski definition) is 5. The zero-order valence-electron chi connectivity index (χ0n) is 18.3. The van der Waals surface area contributed by atoms with Crippen molar-refractivity contribution < 1.29 is 14.3 Å². The van der Waals surface area contributed by atoms with Crippen molar-refractivity contribution in [2.24, 2.45) is 4.99 Å². The molecule has 33 heavy (non-hydrogen) atoms. The standard InChI is InChI=1S/C26H23ClN2O3S/c1-3-18-8-5-7-11-21(18)28-26-29-25(30)24(33-26)15-17-12-13-22(23(14-17)31-2)32-16-19-9-4-6-10-20(19)27/h4-15H,3,16H2,1-2H3,(H,28,29,30)/b24-15-. The minimum atomic E-state index is -0.175. The van der Waals surface area contributed by atoms with Crippen molar-refractivity contribution in [3.63, 3.8) is 0 Å². The molecule has 0 saturated carbocycles. The molecule has 0 radical (unpaired) electrons. The van der Waals surface area contributed by atoms with Crippen LogP contribution in [0, 0.1) is 0 Å². The summed E-state index contributed by atoms with van der Waals surface area (Å²) >= 11 is 7.53. The molecule has 3 aromatic carbocycles. The second-order valence-electron chi connectivity index (χ2n) is 7.25. The zero-order valence-corrected chi connectivity index (χ0v) is 19.9. The van der Waals surface area contributed by atoms with Gasteiger partial charge in [-0.1, -0.05) is 61.0 Å². The highest BCUT2D eigenvalue weighted by Gasteiger charge is 2.24. The fourth-order valence-electron chi connectivity index (χ4n) is 3.32. The Balaban J connectivity index is 1.51. The molecule has 3 aromatic rings. The van der Waals surface area contributed by atoms with Crippen molar-refractivity contribution in [2.45, 2.75) is 20.0 Å². The number of hydrogen-bond donors (Lipinski definition) is 1. The van der Waals surface area contributed by atoms with Crippen molar-refractivity contribution in [2.75, 3.05) is 7.11 Å². The average molecular weight is 479 g/mol. The Morgan fingerprint density at radius 3 is 2.55 bits per heavy atom. The first-order valence-electron chi connectivity index (χ1n) is 10.5. The quantitative estimate of drug-likeness (QED) is 0.400. The summed E-state index contributed by atoms with van der Waals surface area (Å²) < 4.78 is 11.4. The third-order valence-electron chi connectivity index (χ3n) is 5.07. The van der Waals surface area contributed by atoms with E-state index in [2.05, 4.69) is 17.2 Å². The van der Waals surface area contributed by atoms with E-state index in [1.54, 1.807) is 7.11 Å². The highest BCUT2D eigenvalue weighted by Crippen LogP contribution is 2.33. The molecule has 0 spiro atoms. The number of methoxy groups -OCH3 is 1. The number of amides is 1. The lowest BCUT2D eigenvalue weighted by molar-refractivity contribution is -0.115. The molecule has 1 fully saturated rings. The number of carbonyl (C=O) groups is 1. The van der Waals surface area contributed by atoms with Gasteiger partial charge >= 0.3 is 0 Å². The van der Waals surface area contributed by atoms with E-state index in [-0.39, 0.29) is 5.91 Å². The summed E-state index contributed by atoms with van der Waals surface area (Å²) in [6, 6.07) is 21.0. The maximum Gasteiger partial charge on any atom is 0.264 e. The Kier molecular flexibility index (Phi) is 7.37. The third-order valence-corrected chi connectivity index (χ3v) is 6.35. The van der Waals surface area contributed by atoms with Crippen LogP contribution >= 0.6 is 23.4 Å². The van der Waals surface area contributed by atoms with E-state index in [1.807, 2.05) is 72.8 Å². The predicted octanol–water partition coefficient (Wildman–Crippen LogP) is 6.38. The van der Waals surface area contributed by atoms with E-state index in [0.717, 1.165) is 28.8 Å². The first-order valence-corrected chi connectivity index (χ1v) is 11.7. The monoisotopic (exact) mass is 478 g/mol. The molecule has 5 nitrogen and oxygen atoms in total. The SMILES string of the molecule is CCc1ccccc1N=C1NC(=O)/C(=C/c2ccc(OCc3ccccc3Cl)c(OC)c2)S1. The molecule has 1 saturated heterocycles. The van der Waals surface area contributed by atoms with Gasteiger partial charge in [-0.05, 0) is 59.7 Å². The number of nitrogens with one attached hydrogen (secondary N) is 1. The van der Waals surface area contributed by atoms with Gasteiger partial charge in [0, 0.05) is 10.6 Å². The summed E-state index contributed by atoms with van der Waals surface area (Å²) in [5.41, 5.74) is 3.72. The molecule has 0 unspecified atom stereocenters. The highest BCUT2D eigenvalue weighted by atomic mass is 35.5. The number of halogens is 1. The van der Waals surface area contributed by atoms with Crippen LogP contribution in [0.25, 0.3) is 6.08 Å². The van der Waals surface area contributed by atoms with Crippen LogP contribution in [0.1, 0.15) is 23.6 Å². The molecule has 0 bridgehead atoms. The van der Waals surface area contributed by atoms with Crippen LogP contribution in [0.5, 0.6) is 11.5 Å². The molecule has 1 aliphatic rings. The highest BCUT2D eigenvalue weighted by molar-refractivity contribution is 8.18. The Labute approximate surface area is 202 Å². The smallest absolute Gasteiger partial charge is 0.264 e. The van der Waals surface area contributed by atoms with Crippen LogP contribution < -0.4 is 14.8 Å². The molecule has 1 amide bonds. The summed E-state index contributed by atoms with van der Waals surface area (Å²) in [7, 11) is 1.58. The van der Waals surface area contributed by atoms with E-state index >= 15 is 0 Å². The van der Waals surface area contributed by atoms with Gasteiger partial charge in [0.1, 0.15) is 6.61 Å². The number of carbonyl (C=O) groups excluding carboxylic acids is 1. The minimum Gasteiger partial charge on any atom is -0.493 e. The molecule has 1 heterocycles. The van der Waals surface area contributed by atoms with Gasteiger partial charge in [0.2, 0.25) is 0 Å². The number of aliphatic imine (C=N–C) groups is 1. The Bertz CT molecular complexity index is 1240. The number of benzene rings is 3. The van der Waals surface area contributed by atoms with Crippen LogP contribution in [-0.4, -0.2) is 18.2 Å². The van der Waals surface area contributed by atoms with Crippen LogP contribution in [0.4, 0.5) is 5.69 Å². The molecular formula is C26H23ClN2O3S. The van der Waals surface area contributed by atoms with Gasteiger partial charge < -0.3 is 14.8 Å². The Hall–Kier alpha value is -3.22. The van der Waals surface area contributed by atoms with E-state index in [9.17, 15) is 4.79 Å². The average Bonchev–Trinajstić information content (AvgIpc) is 3.17. The molecule has 1 N–H and O–H groups in total. The van der Waals surface area contributed by atoms with Gasteiger partial charge in [0.15, 0.2) is 16.7 Å².